The lowest BCUT2D eigenvalue weighted by Crippen LogP contribution is -2.40. The van der Waals surface area contributed by atoms with Crippen LogP contribution in [0.1, 0.15) is 40.0 Å². The highest BCUT2D eigenvalue weighted by Crippen LogP contribution is 2.52. The third-order valence-corrected chi connectivity index (χ3v) is 5.97. The number of nitrogens with one attached hydrogen (secondary N) is 1. The summed E-state index contributed by atoms with van der Waals surface area (Å²) >= 11 is 0. The Bertz CT molecular complexity index is 776. The summed E-state index contributed by atoms with van der Waals surface area (Å²) in [4.78, 5) is 28.3. The topological polar surface area (TPSA) is 61.9 Å². The second-order valence-corrected chi connectivity index (χ2v) is 9.20. The molecule has 3 amide bonds. The lowest BCUT2D eigenvalue weighted by atomic mass is 9.65. The van der Waals surface area contributed by atoms with Gasteiger partial charge in [0.15, 0.2) is 6.61 Å². The van der Waals surface area contributed by atoms with E-state index in [1.165, 1.54) is 0 Å². The summed E-state index contributed by atoms with van der Waals surface area (Å²) in [5.74, 6) is 0.570. The number of hydrogen-bond donors (Lipinski definition) is 1. The highest BCUT2D eigenvalue weighted by molar-refractivity contribution is 5.99. The Hall–Kier alpha value is -2.24. The molecule has 2 bridgehead atoms. The number of amides is 3. The average molecular weight is 357 g/mol. The van der Waals surface area contributed by atoms with Gasteiger partial charge in [-0.15, -0.1) is 0 Å². The maximum absolute atomic E-state index is 12.9. The van der Waals surface area contributed by atoms with Crippen molar-refractivity contribution in [2.75, 3.05) is 30.4 Å². The van der Waals surface area contributed by atoms with Gasteiger partial charge in [0, 0.05) is 25.3 Å². The fourth-order valence-corrected chi connectivity index (χ4v) is 5.24. The number of urea groups is 1. The summed E-state index contributed by atoms with van der Waals surface area (Å²) in [6, 6.07) is 5.68. The van der Waals surface area contributed by atoms with Crippen molar-refractivity contribution < 1.29 is 14.3 Å². The first-order chi connectivity index (χ1) is 12.2. The molecule has 1 saturated carbocycles. The van der Waals surface area contributed by atoms with Gasteiger partial charge < -0.3 is 19.9 Å². The van der Waals surface area contributed by atoms with Crippen LogP contribution in [0.2, 0.25) is 0 Å². The highest BCUT2D eigenvalue weighted by atomic mass is 16.5. The summed E-state index contributed by atoms with van der Waals surface area (Å²) in [6.07, 6.45) is 3.29. The number of likely N-dealkylation sites (N-methyl/N-ethyl adjacent to an activating group) is 1. The molecule has 0 spiro atoms. The fraction of sp³-hybridized carbons (Fsp3) is 0.600. The lowest BCUT2D eigenvalue weighted by Gasteiger charge is -2.39. The molecule has 2 aliphatic heterocycles. The van der Waals surface area contributed by atoms with Crippen LogP contribution in [-0.4, -0.2) is 43.1 Å². The van der Waals surface area contributed by atoms with Crippen molar-refractivity contribution >= 4 is 23.3 Å². The van der Waals surface area contributed by atoms with E-state index in [-0.39, 0.29) is 29.4 Å². The maximum Gasteiger partial charge on any atom is 0.322 e. The Morgan fingerprint density at radius 1 is 1.27 bits per heavy atom. The van der Waals surface area contributed by atoms with Crippen LogP contribution in [0.5, 0.6) is 5.75 Å². The molecule has 26 heavy (non-hydrogen) atoms. The van der Waals surface area contributed by atoms with Crippen molar-refractivity contribution in [3.05, 3.63) is 18.2 Å². The number of likely N-dealkylation sites (tertiary alicyclic amines) is 1. The molecule has 1 aromatic carbocycles. The van der Waals surface area contributed by atoms with Crippen LogP contribution in [0.4, 0.5) is 16.2 Å². The van der Waals surface area contributed by atoms with E-state index in [1.807, 2.05) is 11.0 Å². The van der Waals surface area contributed by atoms with Gasteiger partial charge in [0.2, 0.25) is 0 Å². The van der Waals surface area contributed by atoms with Crippen LogP contribution in [0, 0.1) is 10.8 Å². The summed E-state index contributed by atoms with van der Waals surface area (Å²) < 4.78 is 5.44. The standard InChI is InChI=1S/C20H27N3O3/c1-19(2)8-14-9-20(3,11-19)12-23(14)18(25)21-13-5-6-16-15(7-13)22(4)17(24)10-26-16/h5-7,14H,8-12H2,1-4H3,(H,21,25)/t14-,20-/m1/s1. The van der Waals surface area contributed by atoms with Crippen molar-refractivity contribution in [1.82, 2.24) is 4.90 Å². The van der Waals surface area contributed by atoms with Crippen LogP contribution in [0.25, 0.3) is 0 Å². The van der Waals surface area contributed by atoms with Gasteiger partial charge >= 0.3 is 6.03 Å². The van der Waals surface area contributed by atoms with Crippen LogP contribution >= 0.6 is 0 Å². The number of carbonyl (C=O) groups is 2. The average Bonchev–Trinajstić information content (AvgIpc) is 2.80. The van der Waals surface area contributed by atoms with Gasteiger partial charge in [-0.1, -0.05) is 20.8 Å². The number of ether oxygens (including phenoxy) is 1. The Morgan fingerprint density at radius 2 is 2.04 bits per heavy atom. The minimum absolute atomic E-state index is 0.0536. The zero-order valence-electron chi connectivity index (χ0n) is 16.0. The quantitative estimate of drug-likeness (QED) is 0.837. The van der Waals surface area contributed by atoms with E-state index < -0.39 is 0 Å². The van der Waals surface area contributed by atoms with Gasteiger partial charge in [-0.05, 0) is 48.3 Å². The number of carbonyl (C=O) groups excluding carboxylic acids is 2. The third kappa shape index (κ3) is 2.91. The molecular weight excluding hydrogens is 330 g/mol. The normalized spacial score (nSPS) is 29.2. The molecular formula is C20H27N3O3. The van der Waals surface area contributed by atoms with Crippen LogP contribution in [-0.2, 0) is 4.79 Å². The molecule has 6 heteroatoms. The van der Waals surface area contributed by atoms with Crippen molar-refractivity contribution in [2.45, 2.75) is 46.1 Å². The summed E-state index contributed by atoms with van der Waals surface area (Å²) in [7, 11) is 1.72. The molecule has 1 aliphatic carbocycles. The minimum atomic E-state index is -0.0931. The van der Waals surface area contributed by atoms with Gasteiger partial charge in [0.1, 0.15) is 5.75 Å². The predicted octanol–water partition coefficient (Wildman–Crippen LogP) is 3.47. The molecule has 1 saturated heterocycles. The number of rotatable bonds is 1. The summed E-state index contributed by atoms with van der Waals surface area (Å²) in [5.41, 5.74) is 1.86. The highest BCUT2D eigenvalue weighted by Gasteiger charge is 2.51. The molecule has 0 radical (unpaired) electrons. The molecule has 6 nitrogen and oxygen atoms in total. The second-order valence-electron chi connectivity index (χ2n) is 9.20. The van der Waals surface area contributed by atoms with Gasteiger partial charge in [-0.2, -0.15) is 0 Å². The Balaban J connectivity index is 1.52. The Kier molecular flexibility index (Phi) is 3.72. The largest absolute Gasteiger partial charge is 0.482 e. The van der Waals surface area contributed by atoms with Gasteiger partial charge in [-0.3, -0.25) is 4.79 Å². The van der Waals surface area contributed by atoms with Crippen molar-refractivity contribution in [2.24, 2.45) is 10.8 Å². The molecule has 1 aromatic rings. The van der Waals surface area contributed by atoms with E-state index >= 15 is 0 Å². The molecule has 2 fully saturated rings. The molecule has 3 aliphatic rings. The monoisotopic (exact) mass is 357 g/mol. The zero-order valence-corrected chi connectivity index (χ0v) is 16.0. The maximum atomic E-state index is 12.9. The number of fused-ring (bicyclic) bond motifs is 3. The van der Waals surface area contributed by atoms with E-state index in [0.29, 0.717) is 23.2 Å². The third-order valence-electron chi connectivity index (χ3n) is 5.97. The van der Waals surface area contributed by atoms with E-state index in [0.717, 1.165) is 25.8 Å². The SMILES string of the molecule is CN1C(=O)COc2ccc(NC(=O)N3C[C@]4(C)C[C@H]3CC(C)(C)C4)cc21. The molecule has 0 unspecified atom stereocenters. The number of anilines is 2. The van der Waals surface area contributed by atoms with Crippen molar-refractivity contribution in [3.8, 4) is 5.75 Å². The smallest absolute Gasteiger partial charge is 0.322 e. The van der Waals surface area contributed by atoms with E-state index in [4.69, 9.17) is 4.74 Å². The molecule has 0 aromatic heterocycles. The van der Waals surface area contributed by atoms with E-state index in [1.54, 1.807) is 24.1 Å². The molecule has 1 N–H and O–H groups in total. The predicted molar refractivity (Wildman–Crippen MR) is 101 cm³/mol. The van der Waals surface area contributed by atoms with Gasteiger partial charge in [-0.25, -0.2) is 4.79 Å². The van der Waals surface area contributed by atoms with Crippen LogP contribution in [0.3, 0.4) is 0 Å². The lowest BCUT2D eigenvalue weighted by molar-refractivity contribution is -0.120. The summed E-state index contributed by atoms with van der Waals surface area (Å²) in [6.45, 7) is 7.76. The molecule has 2 heterocycles. The molecule has 140 valence electrons. The molecule has 4 rings (SSSR count). The van der Waals surface area contributed by atoms with Crippen molar-refractivity contribution in [1.29, 1.82) is 0 Å². The van der Waals surface area contributed by atoms with E-state index in [9.17, 15) is 9.59 Å². The number of benzene rings is 1. The first-order valence-corrected chi connectivity index (χ1v) is 9.27. The van der Waals surface area contributed by atoms with Gasteiger partial charge in [0.05, 0.1) is 5.69 Å². The molecule has 2 atom stereocenters. The second kappa shape index (κ2) is 5.63. The summed E-state index contributed by atoms with van der Waals surface area (Å²) in [5, 5.41) is 3.02. The minimum Gasteiger partial charge on any atom is -0.482 e. The van der Waals surface area contributed by atoms with Gasteiger partial charge in [0.25, 0.3) is 5.91 Å². The zero-order chi connectivity index (χ0) is 18.7. The number of hydrogen-bond acceptors (Lipinski definition) is 3. The van der Waals surface area contributed by atoms with Crippen LogP contribution < -0.4 is 15.0 Å². The Morgan fingerprint density at radius 3 is 2.81 bits per heavy atom. The first-order valence-electron chi connectivity index (χ1n) is 9.27. The van der Waals surface area contributed by atoms with Crippen LogP contribution in [0.15, 0.2) is 18.2 Å². The van der Waals surface area contributed by atoms with E-state index in [2.05, 4.69) is 26.1 Å². The fourth-order valence-electron chi connectivity index (χ4n) is 5.24. The first kappa shape index (κ1) is 17.2. The Labute approximate surface area is 154 Å². The number of nitrogens with zero attached hydrogens (tertiary/aromatic N) is 2. The van der Waals surface area contributed by atoms with Crippen molar-refractivity contribution in [3.63, 3.8) is 0 Å².